The zero-order valence-corrected chi connectivity index (χ0v) is 13.0. The number of hydrogen-bond donors (Lipinski definition) is 1. The smallest absolute Gasteiger partial charge is 0.225 e. The minimum absolute atomic E-state index is 0.0263. The monoisotopic (exact) mass is 330 g/mol. The summed E-state index contributed by atoms with van der Waals surface area (Å²) in [6, 6.07) is 8.33. The highest BCUT2D eigenvalue weighted by molar-refractivity contribution is 7.08. The molecule has 0 unspecified atom stereocenters. The molecule has 1 N–H and O–H groups in total. The maximum Gasteiger partial charge on any atom is 0.225 e. The Hall–Kier alpha value is -2.05. The predicted molar refractivity (Wildman–Crippen MR) is 86.9 cm³/mol. The molecule has 1 amide bonds. The van der Waals surface area contributed by atoms with Crippen molar-refractivity contribution in [2.45, 2.75) is 12.3 Å². The van der Waals surface area contributed by atoms with Gasteiger partial charge in [-0.1, -0.05) is 12.1 Å². The molecule has 0 radical (unpaired) electrons. The third kappa shape index (κ3) is 2.24. The minimum atomic E-state index is -0.309. The van der Waals surface area contributed by atoms with Crippen molar-refractivity contribution in [1.82, 2.24) is 4.37 Å². The lowest BCUT2D eigenvalue weighted by Crippen LogP contribution is -2.22. The molecule has 3 heterocycles. The molecular weight excluding hydrogens is 319 g/mol. The van der Waals surface area contributed by atoms with Gasteiger partial charge in [-0.15, -0.1) is 0 Å². The Morgan fingerprint density at radius 1 is 1.32 bits per heavy atom. The predicted octanol–water partition coefficient (Wildman–Crippen LogP) is 4.48. The van der Waals surface area contributed by atoms with Gasteiger partial charge in [-0.25, -0.2) is 4.39 Å². The molecule has 22 heavy (non-hydrogen) atoms. The molecular formula is C16H11FN2OS2. The maximum atomic E-state index is 13.5. The van der Waals surface area contributed by atoms with Crippen LogP contribution in [0, 0.1) is 5.82 Å². The number of aromatic nitrogens is 1. The Kier molecular flexibility index (Phi) is 3.28. The third-order valence-corrected chi connectivity index (χ3v) is 5.39. The van der Waals surface area contributed by atoms with Crippen molar-refractivity contribution in [2.75, 3.05) is 5.32 Å². The van der Waals surface area contributed by atoms with Gasteiger partial charge in [0.25, 0.3) is 0 Å². The van der Waals surface area contributed by atoms with Crippen LogP contribution in [-0.4, -0.2) is 10.3 Å². The molecule has 110 valence electrons. The normalized spacial score (nSPS) is 17.1. The fraction of sp³-hybridized carbons (Fsp3) is 0.125. The highest BCUT2D eigenvalue weighted by Crippen LogP contribution is 2.45. The summed E-state index contributed by atoms with van der Waals surface area (Å²) in [4.78, 5) is 13.1. The van der Waals surface area contributed by atoms with Crippen LogP contribution in [0.1, 0.15) is 22.8 Å². The molecule has 0 aliphatic carbocycles. The Labute approximate surface area is 134 Å². The number of rotatable bonds is 2. The molecule has 1 aliphatic rings. The molecule has 1 aromatic carbocycles. The average Bonchev–Trinajstić information content (AvgIpc) is 3.16. The topological polar surface area (TPSA) is 42.0 Å². The molecule has 0 saturated heterocycles. The fourth-order valence-electron chi connectivity index (χ4n) is 2.71. The molecule has 4 rings (SSSR count). The summed E-state index contributed by atoms with van der Waals surface area (Å²) in [6.45, 7) is 0. The Balaban J connectivity index is 1.84. The van der Waals surface area contributed by atoms with Gasteiger partial charge in [-0.05, 0) is 46.1 Å². The average molecular weight is 330 g/mol. The molecule has 1 atom stereocenters. The third-order valence-electron chi connectivity index (χ3n) is 3.73. The minimum Gasteiger partial charge on any atom is -0.323 e. The molecule has 0 spiro atoms. The summed E-state index contributed by atoms with van der Waals surface area (Å²) in [5, 5.41) is 6.98. The van der Waals surface area contributed by atoms with E-state index in [0.717, 1.165) is 16.1 Å². The van der Waals surface area contributed by atoms with E-state index in [9.17, 15) is 9.18 Å². The SMILES string of the molecule is O=C1C[C@H](c2ccsc2)c2snc(-c3cccc(F)c3)c2N1. The van der Waals surface area contributed by atoms with E-state index in [1.54, 1.807) is 23.5 Å². The first-order valence-corrected chi connectivity index (χ1v) is 8.51. The van der Waals surface area contributed by atoms with Crippen LogP contribution in [0.15, 0.2) is 41.1 Å². The molecule has 0 fully saturated rings. The number of fused-ring (bicyclic) bond motifs is 1. The first kappa shape index (κ1) is 13.6. The largest absolute Gasteiger partial charge is 0.323 e. The molecule has 6 heteroatoms. The number of hydrogen-bond acceptors (Lipinski definition) is 4. The van der Waals surface area contributed by atoms with E-state index in [1.165, 1.54) is 23.7 Å². The number of nitrogens with one attached hydrogen (secondary N) is 1. The standard InChI is InChI=1S/C16H11FN2OS2/c17-11-3-1-2-9(6-11)14-15-16(22-19-14)12(7-13(20)18-15)10-4-5-21-8-10/h1-6,8,12H,7H2,(H,18,20)/t12-/m1/s1. The highest BCUT2D eigenvalue weighted by Gasteiger charge is 2.31. The summed E-state index contributed by atoms with van der Waals surface area (Å²) in [7, 11) is 0. The molecule has 3 nitrogen and oxygen atoms in total. The van der Waals surface area contributed by atoms with Crippen molar-refractivity contribution in [2.24, 2.45) is 0 Å². The molecule has 1 aliphatic heterocycles. The van der Waals surface area contributed by atoms with Crippen LogP contribution in [0.5, 0.6) is 0 Å². The van der Waals surface area contributed by atoms with E-state index in [4.69, 9.17) is 0 Å². The van der Waals surface area contributed by atoms with Crippen LogP contribution < -0.4 is 5.32 Å². The molecule has 0 saturated carbocycles. The van der Waals surface area contributed by atoms with Crippen molar-refractivity contribution in [3.05, 3.63) is 57.3 Å². The van der Waals surface area contributed by atoms with Gasteiger partial charge in [-0.3, -0.25) is 4.79 Å². The molecule has 0 bridgehead atoms. The molecule has 3 aromatic rings. The van der Waals surface area contributed by atoms with Crippen molar-refractivity contribution in [3.63, 3.8) is 0 Å². The number of benzene rings is 1. The van der Waals surface area contributed by atoms with Crippen LogP contribution in [-0.2, 0) is 4.79 Å². The second kappa shape index (κ2) is 5.30. The lowest BCUT2D eigenvalue weighted by Gasteiger charge is -2.21. The maximum absolute atomic E-state index is 13.5. The number of amides is 1. The number of carbonyl (C=O) groups excluding carboxylic acids is 1. The van der Waals surface area contributed by atoms with Crippen LogP contribution in [0.3, 0.4) is 0 Å². The summed E-state index contributed by atoms with van der Waals surface area (Å²) in [5.74, 6) is -0.299. The quantitative estimate of drug-likeness (QED) is 0.752. The number of halogens is 1. The first-order valence-electron chi connectivity index (χ1n) is 6.80. The number of anilines is 1. The van der Waals surface area contributed by atoms with Crippen LogP contribution in [0.25, 0.3) is 11.3 Å². The first-order chi connectivity index (χ1) is 10.7. The zero-order chi connectivity index (χ0) is 15.1. The van der Waals surface area contributed by atoms with Gasteiger partial charge < -0.3 is 5.32 Å². The van der Waals surface area contributed by atoms with Crippen LogP contribution in [0.2, 0.25) is 0 Å². The van der Waals surface area contributed by atoms with Gasteiger partial charge in [0.2, 0.25) is 5.91 Å². The van der Waals surface area contributed by atoms with E-state index >= 15 is 0 Å². The highest BCUT2D eigenvalue weighted by atomic mass is 32.1. The van der Waals surface area contributed by atoms with Gasteiger partial charge in [-0.2, -0.15) is 15.7 Å². The number of nitrogens with zero attached hydrogens (tertiary/aromatic N) is 1. The van der Waals surface area contributed by atoms with E-state index in [2.05, 4.69) is 15.1 Å². The number of thiophene rings is 1. The van der Waals surface area contributed by atoms with Gasteiger partial charge in [0.05, 0.1) is 10.6 Å². The lowest BCUT2D eigenvalue weighted by molar-refractivity contribution is -0.116. The second-order valence-electron chi connectivity index (χ2n) is 5.14. The number of carbonyl (C=O) groups is 1. The van der Waals surface area contributed by atoms with Crippen molar-refractivity contribution in [1.29, 1.82) is 0 Å². The van der Waals surface area contributed by atoms with E-state index < -0.39 is 0 Å². The van der Waals surface area contributed by atoms with Crippen LogP contribution >= 0.6 is 22.9 Å². The Morgan fingerprint density at radius 2 is 2.23 bits per heavy atom. The molecule has 2 aromatic heterocycles. The fourth-order valence-corrected chi connectivity index (χ4v) is 4.39. The second-order valence-corrected chi connectivity index (χ2v) is 6.73. The van der Waals surface area contributed by atoms with Crippen LogP contribution in [0.4, 0.5) is 10.1 Å². The van der Waals surface area contributed by atoms with Gasteiger partial charge in [0.15, 0.2) is 0 Å². The van der Waals surface area contributed by atoms with E-state index in [0.29, 0.717) is 17.7 Å². The zero-order valence-electron chi connectivity index (χ0n) is 11.4. The van der Waals surface area contributed by atoms with Crippen molar-refractivity contribution < 1.29 is 9.18 Å². The van der Waals surface area contributed by atoms with Crippen molar-refractivity contribution in [3.8, 4) is 11.3 Å². The summed E-state index contributed by atoms with van der Waals surface area (Å²) < 4.78 is 17.9. The Bertz CT molecular complexity index is 842. The summed E-state index contributed by atoms with van der Waals surface area (Å²) in [6.07, 6.45) is 0.425. The lowest BCUT2D eigenvalue weighted by atomic mass is 9.91. The van der Waals surface area contributed by atoms with Gasteiger partial charge in [0, 0.05) is 17.9 Å². The van der Waals surface area contributed by atoms with Gasteiger partial charge in [0.1, 0.15) is 11.5 Å². The van der Waals surface area contributed by atoms with E-state index in [1.807, 2.05) is 11.4 Å². The summed E-state index contributed by atoms with van der Waals surface area (Å²) >= 11 is 3.00. The van der Waals surface area contributed by atoms with Crippen molar-refractivity contribution >= 4 is 34.5 Å². The summed E-state index contributed by atoms with van der Waals surface area (Å²) in [5.41, 5.74) is 3.19. The van der Waals surface area contributed by atoms with E-state index in [-0.39, 0.29) is 17.6 Å². The van der Waals surface area contributed by atoms with Gasteiger partial charge >= 0.3 is 0 Å². The Morgan fingerprint density at radius 3 is 3.00 bits per heavy atom.